The van der Waals surface area contributed by atoms with Gasteiger partial charge >= 0.3 is 0 Å². The minimum atomic E-state index is 0.00898. The Kier molecular flexibility index (Phi) is 3.52. The molecule has 2 rings (SSSR count). The van der Waals surface area contributed by atoms with Crippen LogP contribution in [0.2, 0.25) is 5.02 Å². The Morgan fingerprint density at radius 1 is 1.50 bits per heavy atom. The van der Waals surface area contributed by atoms with Crippen molar-refractivity contribution in [3.8, 4) is 0 Å². The Hall–Kier alpha value is -0.580. The van der Waals surface area contributed by atoms with Crippen molar-refractivity contribution >= 4 is 33.4 Å². The Bertz CT molecular complexity index is 400. The summed E-state index contributed by atoms with van der Waals surface area (Å²) < 4.78 is 0.823. The van der Waals surface area contributed by atoms with Crippen molar-refractivity contribution in [2.24, 2.45) is 0 Å². The highest BCUT2D eigenvalue weighted by atomic mass is 79.9. The van der Waals surface area contributed by atoms with Gasteiger partial charge < -0.3 is 10.2 Å². The number of amides is 1. The molecule has 1 heterocycles. The van der Waals surface area contributed by atoms with Crippen LogP contribution in [0.25, 0.3) is 0 Å². The van der Waals surface area contributed by atoms with Gasteiger partial charge in [-0.1, -0.05) is 27.5 Å². The van der Waals surface area contributed by atoms with E-state index in [0.717, 1.165) is 17.6 Å². The van der Waals surface area contributed by atoms with Crippen molar-refractivity contribution in [3.63, 3.8) is 0 Å². The lowest BCUT2D eigenvalue weighted by atomic mass is 10.1. The van der Waals surface area contributed by atoms with Gasteiger partial charge in [-0.3, -0.25) is 4.79 Å². The molecule has 0 bridgehead atoms. The van der Waals surface area contributed by atoms with Crippen molar-refractivity contribution in [1.29, 1.82) is 0 Å². The molecule has 0 saturated carbocycles. The number of likely N-dealkylation sites (N-methyl/N-ethyl adjacent to an activating group) is 1. The zero-order valence-corrected chi connectivity index (χ0v) is 11.2. The molecule has 3 nitrogen and oxygen atoms in total. The predicted octanol–water partition coefficient (Wildman–Crippen LogP) is 2.15. The molecule has 1 aliphatic rings. The van der Waals surface area contributed by atoms with Gasteiger partial charge in [-0.05, 0) is 18.2 Å². The van der Waals surface area contributed by atoms with E-state index >= 15 is 0 Å². The zero-order valence-electron chi connectivity index (χ0n) is 8.84. The molecule has 1 saturated heterocycles. The smallest absolute Gasteiger partial charge is 0.254 e. The van der Waals surface area contributed by atoms with E-state index in [1.54, 1.807) is 23.1 Å². The van der Waals surface area contributed by atoms with E-state index in [-0.39, 0.29) is 5.91 Å². The fourth-order valence-corrected chi connectivity index (χ4v) is 2.45. The van der Waals surface area contributed by atoms with E-state index in [9.17, 15) is 4.79 Å². The molecule has 1 aromatic rings. The van der Waals surface area contributed by atoms with Crippen LogP contribution in [0.5, 0.6) is 0 Å². The number of rotatable bonds is 2. The summed E-state index contributed by atoms with van der Waals surface area (Å²) in [4.78, 5) is 13.9. The lowest BCUT2D eigenvalue weighted by Crippen LogP contribution is -2.57. The third kappa shape index (κ3) is 2.39. The van der Waals surface area contributed by atoms with Crippen LogP contribution in [0.1, 0.15) is 10.4 Å². The molecule has 0 aromatic heterocycles. The first-order valence-corrected chi connectivity index (χ1v) is 6.19. The second-order valence-electron chi connectivity index (χ2n) is 3.89. The zero-order chi connectivity index (χ0) is 11.7. The normalized spacial score (nSPS) is 15.7. The molecular weight excluding hydrogens is 291 g/mol. The molecule has 0 atom stereocenters. The lowest BCUT2D eigenvalue weighted by molar-refractivity contribution is 0.0681. The molecule has 1 N–H and O–H groups in total. The van der Waals surface area contributed by atoms with E-state index in [1.807, 2.05) is 7.05 Å². The van der Waals surface area contributed by atoms with Gasteiger partial charge in [-0.2, -0.15) is 0 Å². The first-order valence-electron chi connectivity index (χ1n) is 5.02. The third-order valence-corrected chi connectivity index (χ3v) is 3.41. The van der Waals surface area contributed by atoms with Crippen LogP contribution in [0.15, 0.2) is 22.7 Å². The molecular formula is C11H12BrClN2O. The summed E-state index contributed by atoms with van der Waals surface area (Å²) in [6.45, 7) is 1.73. The minimum absolute atomic E-state index is 0.00898. The van der Waals surface area contributed by atoms with Gasteiger partial charge in [0.05, 0.1) is 6.04 Å². The highest BCUT2D eigenvalue weighted by molar-refractivity contribution is 9.10. The lowest BCUT2D eigenvalue weighted by Gasteiger charge is -2.35. The van der Waals surface area contributed by atoms with E-state index in [4.69, 9.17) is 11.6 Å². The summed E-state index contributed by atoms with van der Waals surface area (Å²) in [7, 11) is 1.82. The molecule has 0 aliphatic carbocycles. The van der Waals surface area contributed by atoms with Gasteiger partial charge in [0.25, 0.3) is 5.91 Å². The van der Waals surface area contributed by atoms with Crippen molar-refractivity contribution in [3.05, 3.63) is 33.3 Å². The summed E-state index contributed by atoms with van der Waals surface area (Å²) >= 11 is 9.24. The van der Waals surface area contributed by atoms with Crippen LogP contribution in [0.3, 0.4) is 0 Å². The van der Waals surface area contributed by atoms with E-state index in [2.05, 4.69) is 21.2 Å². The number of nitrogens with zero attached hydrogens (tertiary/aromatic N) is 1. The number of halogens is 2. The Labute approximate surface area is 108 Å². The number of benzene rings is 1. The van der Waals surface area contributed by atoms with Crippen LogP contribution in [0, 0.1) is 0 Å². The standard InChI is InChI=1S/C11H12BrClN2O/c1-15(10-5-14-6-10)11(16)7-2-8(12)4-9(13)3-7/h2-4,10,14H,5-6H2,1H3. The summed E-state index contributed by atoms with van der Waals surface area (Å²) in [5.74, 6) is 0.00898. The minimum Gasteiger partial charge on any atom is -0.336 e. The Balaban J connectivity index is 2.19. The molecule has 0 spiro atoms. The quantitative estimate of drug-likeness (QED) is 0.908. The van der Waals surface area contributed by atoms with Gasteiger partial charge in [0, 0.05) is 35.2 Å². The van der Waals surface area contributed by atoms with Gasteiger partial charge in [0.2, 0.25) is 0 Å². The average molecular weight is 304 g/mol. The third-order valence-electron chi connectivity index (χ3n) is 2.74. The molecule has 5 heteroatoms. The Morgan fingerprint density at radius 3 is 2.69 bits per heavy atom. The first-order chi connectivity index (χ1) is 7.58. The van der Waals surface area contributed by atoms with Crippen LogP contribution in [0.4, 0.5) is 0 Å². The Morgan fingerprint density at radius 2 is 2.19 bits per heavy atom. The number of carbonyl (C=O) groups excluding carboxylic acids is 1. The largest absolute Gasteiger partial charge is 0.336 e. The number of hydrogen-bond acceptors (Lipinski definition) is 2. The van der Waals surface area contributed by atoms with E-state index in [0.29, 0.717) is 16.6 Å². The average Bonchev–Trinajstić information content (AvgIpc) is 2.12. The fourth-order valence-electron chi connectivity index (χ4n) is 1.59. The molecule has 1 amide bonds. The van der Waals surface area contributed by atoms with Gasteiger partial charge in [0.15, 0.2) is 0 Å². The van der Waals surface area contributed by atoms with Crippen LogP contribution >= 0.6 is 27.5 Å². The predicted molar refractivity (Wildman–Crippen MR) is 67.9 cm³/mol. The molecule has 86 valence electrons. The van der Waals surface area contributed by atoms with Crippen LogP contribution < -0.4 is 5.32 Å². The highest BCUT2D eigenvalue weighted by Crippen LogP contribution is 2.21. The van der Waals surface area contributed by atoms with Gasteiger partial charge in [-0.15, -0.1) is 0 Å². The van der Waals surface area contributed by atoms with Crippen molar-refractivity contribution < 1.29 is 4.79 Å². The molecule has 1 fully saturated rings. The van der Waals surface area contributed by atoms with Crippen molar-refractivity contribution in [2.45, 2.75) is 6.04 Å². The van der Waals surface area contributed by atoms with E-state index in [1.165, 1.54) is 0 Å². The molecule has 1 aliphatic heterocycles. The van der Waals surface area contributed by atoms with Gasteiger partial charge in [0.1, 0.15) is 0 Å². The van der Waals surface area contributed by atoms with E-state index < -0.39 is 0 Å². The topological polar surface area (TPSA) is 32.3 Å². The second kappa shape index (κ2) is 4.73. The van der Waals surface area contributed by atoms with Crippen LogP contribution in [-0.2, 0) is 0 Å². The summed E-state index contributed by atoms with van der Waals surface area (Å²) in [6, 6.07) is 5.54. The first kappa shape index (κ1) is 11.9. The van der Waals surface area contributed by atoms with Crippen LogP contribution in [-0.4, -0.2) is 37.0 Å². The molecule has 0 radical (unpaired) electrons. The number of carbonyl (C=O) groups is 1. The van der Waals surface area contributed by atoms with Crippen molar-refractivity contribution in [1.82, 2.24) is 10.2 Å². The number of hydrogen-bond donors (Lipinski definition) is 1. The second-order valence-corrected chi connectivity index (χ2v) is 5.24. The summed E-state index contributed by atoms with van der Waals surface area (Å²) in [5.41, 5.74) is 0.619. The van der Waals surface area contributed by atoms with Gasteiger partial charge in [-0.25, -0.2) is 0 Å². The monoisotopic (exact) mass is 302 g/mol. The molecule has 16 heavy (non-hydrogen) atoms. The SMILES string of the molecule is CN(C(=O)c1cc(Cl)cc(Br)c1)C1CNC1. The summed E-state index contributed by atoms with van der Waals surface area (Å²) in [5, 5.41) is 3.71. The van der Waals surface area contributed by atoms with Crippen molar-refractivity contribution in [2.75, 3.05) is 20.1 Å². The maximum Gasteiger partial charge on any atom is 0.254 e. The maximum absolute atomic E-state index is 12.1. The molecule has 1 aromatic carbocycles. The summed E-state index contributed by atoms with van der Waals surface area (Å²) in [6.07, 6.45) is 0. The fraction of sp³-hybridized carbons (Fsp3) is 0.364. The highest BCUT2D eigenvalue weighted by Gasteiger charge is 2.26. The maximum atomic E-state index is 12.1. The number of nitrogens with one attached hydrogen (secondary N) is 1. The molecule has 0 unspecified atom stereocenters.